The molecule has 1 atom stereocenters. The van der Waals surface area contributed by atoms with Gasteiger partial charge in [0.15, 0.2) is 0 Å². The normalized spacial score (nSPS) is 25.4. The third-order valence-electron chi connectivity index (χ3n) is 2.55. The van der Waals surface area contributed by atoms with Crippen molar-refractivity contribution in [3.63, 3.8) is 0 Å². The van der Waals surface area contributed by atoms with Gasteiger partial charge in [-0.2, -0.15) is 0 Å². The Kier molecular flexibility index (Phi) is 2.56. The summed E-state index contributed by atoms with van der Waals surface area (Å²) < 4.78 is 5.63. The zero-order chi connectivity index (χ0) is 10.0. The SMILES string of the molecule is CC1(C)CC(NCc2cnc[nH]2)CO1. The Hall–Kier alpha value is -0.870. The highest BCUT2D eigenvalue weighted by molar-refractivity contribution is 4.95. The highest BCUT2D eigenvalue weighted by Gasteiger charge is 2.31. The third-order valence-corrected chi connectivity index (χ3v) is 2.55. The minimum atomic E-state index is 0.0334. The van der Waals surface area contributed by atoms with Crippen LogP contribution in [0.3, 0.4) is 0 Å². The summed E-state index contributed by atoms with van der Waals surface area (Å²) in [5.41, 5.74) is 1.15. The smallest absolute Gasteiger partial charge is 0.0922 e. The van der Waals surface area contributed by atoms with Crippen LogP contribution in [-0.2, 0) is 11.3 Å². The monoisotopic (exact) mass is 195 g/mol. The van der Waals surface area contributed by atoms with E-state index < -0.39 is 0 Å². The van der Waals surface area contributed by atoms with Gasteiger partial charge >= 0.3 is 0 Å². The summed E-state index contributed by atoms with van der Waals surface area (Å²) in [6, 6.07) is 0.466. The first-order chi connectivity index (χ1) is 6.66. The standard InChI is InChI=1S/C10H17N3O/c1-10(2)3-8(6-14-10)12-5-9-4-11-7-13-9/h4,7-8,12H,3,5-6H2,1-2H3,(H,11,13). The number of hydrogen-bond acceptors (Lipinski definition) is 3. The van der Waals surface area contributed by atoms with Crippen molar-refractivity contribution in [2.75, 3.05) is 6.61 Å². The molecule has 0 bridgehead atoms. The summed E-state index contributed by atoms with van der Waals surface area (Å²) in [5.74, 6) is 0. The number of rotatable bonds is 3. The van der Waals surface area contributed by atoms with E-state index in [4.69, 9.17) is 4.74 Å². The van der Waals surface area contributed by atoms with Crippen LogP contribution in [0.15, 0.2) is 12.5 Å². The molecule has 1 fully saturated rings. The molecular weight excluding hydrogens is 178 g/mol. The number of nitrogens with zero attached hydrogens (tertiary/aromatic N) is 1. The predicted molar refractivity (Wildman–Crippen MR) is 53.9 cm³/mol. The molecule has 2 N–H and O–H groups in total. The van der Waals surface area contributed by atoms with Gasteiger partial charge in [-0.25, -0.2) is 4.98 Å². The lowest BCUT2D eigenvalue weighted by molar-refractivity contribution is 0.0357. The van der Waals surface area contributed by atoms with E-state index in [2.05, 4.69) is 29.1 Å². The maximum Gasteiger partial charge on any atom is 0.0922 e. The lowest BCUT2D eigenvalue weighted by Gasteiger charge is -2.15. The predicted octanol–water partition coefficient (Wildman–Crippen LogP) is 1.07. The van der Waals surface area contributed by atoms with Gasteiger partial charge < -0.3 is 15.0 Å². The van der Waals surface area contributed by atoms with Gasteiger partial charge in [-0.05, 0) is 20.3 Å². The van der Waals surface area contributed by atoms with Crippen LogP contribution in [0.4, 0.5) is 0 Å². The average Bonchev–Trinajstić information content (AvgIpc) is 2.70. The number of ether oxygens (including phenoxy) is 1. The zero-order valence-corrected chi connectivity index (χ0v) is 8.71. The molecule has 1 aromatic rings. The lowest BCUT2D eigenvalue weighted by atomic mass is 10.0. The molecule has 1 unspecified atom stereocenters. The Morgan fingerprint density at radius 1 is 1.71 bits per heavy atom. The molecule has 1 aliphatic heterocycles. The number of H-pyrrole nitrogens is 1. The van der Waals surface area contributed by atoms with Gasteiger partial charge in [0, 0.05) is 24.5 Å². The molecule has 2 rings (SSSR count). The summed E-state index contributed by atoms with van der Waals surface area (Å²) in [6.45, 7) is 5.90. The molecule has 2 heterocycles. The van der Waals surface area contributed by atoms with E-state index in [1.54, 1.807) is 6.33 Å². The van der Waals surface area contributed by atoms with Crippen LogP contribution in [0.2, 0.25) is 0 Å². The topological polar surface area (TPSA) is 49.9 Å². The summed E-state index contributed by atoms with van der Waals surface area (Å²) in [6.07, 6.45) is 4.61. The van der Waals surface area contributed by atoms with Gasteiger partial charge in [0.2, 0.25) is 0 Å². The van der Waals surface area contributed by atoms with E-state index in [-0.39, 0.29) is 5.60 Å². The van der Waals surface area contributed by atoms with Gasteiger partial charge in [-0.3, -0.25) is 0 Å². The summed E-state index contributed by atoms with van der Waals surface area (Å²) in [7, 11) is 0. The average molecular weight is 195 g/mol. The minimum absolute atomic E-state index is 0.0334. The summed E-state index contributed by atoms with van der Waals surface area (Å²) in [4.78, 5) is 7.04. The number of nitrogens with one attached hydrogen (secondary N) is 2. The maximum atomic E-state index is 5.63. The Bertz CT molecular complexity index is 282. The van der Waals surface area contributed by atoms with Crippen LogP contribution >= 0.6 is 0 Å². The van der Waals surface area contributed by atoms with E-state index in [1.807, 2.05) is 6.20 Å². The van der Waals surface area contributed by atoms with Gasteiger partial charge in [-0.1, -0.05) is 0 Å². The van der Waals surface area contributed by atoms with Crippen molar-refractivity contribution in [3.05, 3.63) is 18.2 Å². The maximum absolute atomic E-state index is 5.63. The molecule has 0 aliphatic carbocycles. The first-order valence-electron chi connectivity index (χ1n) is 5.00. The Morgan fingerprint density at radius 3 is 3.14 bits per heavy atom. The van der Waals surface area contributed by atoms with Crippen LogP contribution in [0, 0.1) is 0 Å². The third kappa shape index (κ3) is 2.33. The van der Waals surface area contributed by atoms with E-state index in [9.17, 15) is 0 Å². The van der Waals surface area contributed by atoms with Gasteiger partial charge in [-0.15, -0.1) is 0 Å². The van der Waals surface area contributed by atoms with Crippen LogP contribution < -0.4 is 5.32 Å². The minimum Gasteiger partial charge on any atom is -0.374 e. The van der Waals surface area contributed by atoms with Crippen molar-refractivity contribution >= 4 is 0 Å². The Labute approximate surface area is 84.1 Å². The van der Waals surface area contributed by atoms with Crippen molar-refractivity contribution in [2.24, 2.45) is 0 Å². The fraction of sp³-hybridized carbons (Fsp3) is 0.700. The first-order valence-corrected chi connectivity index (χ1v) is 5.00. The number of aromatic nitrogens is 2. The number of imidazole rings is 1. The van der Waals surface area contributed by atoms with Gasteiger partial charge in [0.1, 0.15) is 0 Å². The molecule has 0 radical (unpaired) electrons. The first kappa shape index (κ1) is 9.68. The quantitative estimate of drug-likeness (QED) is 0.758. The zero-order valence-electron chi connectivity index (χ0n) is 8.71. The molecule has 0 aromatic carbocycles. The molecule has 4 nitrogen and oxygen atoms in total. The molecule has 4 heteroatoms. The Morgan fingerprint density at radius 2 is 2.57 bits per heavy atom. The van der Waals surface area contributed by atoms with Crippen molar-refractivity contribution in [1.82, 2.24) is 15.3 Å². The molecule has 78 valence electrons. The van der Waals surface area contributed by atoms with Crippen LogP contribution in [0.1, 0.15) is 26.0 Å². The molecule has 1 aromatic heterocycles. The van der Waals surface area contributed by atoms with Gasteiger partial charge in [0.05, 0.1) is 18.5 Å². The van der Waals surface area contributed by atoms with Crippen molar-refractivity contribution in [3.8, 4) is 0 Å². The van der Waals surface area contributed by atoms with E-state index in [0.29, 0.717) is 6.04 Å². The second-order valence-corrected chi connectivity index (χ2v) is 4.43. The fourth-order valence-corrected chi connectivity index (χ4v) is 1.80. The van der Waals surface area contributed by atoms with E-state index in [1.165, 1.54) is 0 Å². The number of aromatic amines is 1. The van der Waals surface area contributed by atoms with Crippen LogP contribution in [0.25, 0.3) is 0 Å². The van der Waals surface area contributed by atoms with Crippen molar-refractivity contribution in [2.45, 2.75) is 38.5 Å². The second kappa shape index (κ2) is 3.71. The molecule has 0 spiro atoms. The largest absolute Gasteiger partial charge is 0.374 e. The highest BCUT2D eigenvalue weighted by atomic mass is 16.5. The van der Waals surface area contributed by atoms with Gasteiger partial charge in [0.25, 0.3) is 0 Å². The molecule has 1 aliphatic rings. The van der Waals surface area contributed by atoms with Crippen molar-refractivity contribution in [1.29, 1.82) is 0 Å². The second-order valence-electron chi connectivity index (χ2n) is 4.43. The van der Waals surface area contributed by atoms with E-state index in [0.717, 1.165) is 25.3 Å². The molecular formula is C10H17N3O. The fourth-order valence-electron chi connectivity index (χ4n) is 1.80. The molecule has 14 heavy (non-hydrogen) atoms. The molecule has 0 amide bonds. The number of hydrogen-bond donors (Lipinski definition) is 2. The summed E-state index contributed by atoms with van der Waals surface area (Å²) >= 11 is 0. The Balaban J connectivity index is 1.78. The lowest BCUT2D eigenvalue weighted by Crippen LogP contribution is -2.30. The highest BCUT2D eigenvalue weighted by Crippen LogP contribution is 2.24. The van der Waals surface area contributed by atoms with Crippen LogP contribution in [0.5, 0.6) is 0 Å². The molecule has 1 saturated heterocycles. The van der Waals surface area contributed by atoms with E-state index >= 15 is 0 Å². The summed E-state index contributed by atoms with van der Waals surface area (Å²) in [5, 5.41) is 3.44. The van der Waals surface area contributed by atoms with Crippen LogP contribution in [-0.4, -0.2) is 28.2 Å². The molecule has 0 saturated carbocycles. The van der Waals surface area contributed by atoms with Crippen molar-refractivity contribution < 1.29 is 4.74 Å².